The summed E-state index contributed by atoms with van der Waals surface area (Å²) < 4.78 is 0. The molecule has 0 fully saturated rings. The van der Waals surface area contributed by atoms with Crippen LogP contribution in [0, 0.1) is 5.41 Å². The molecule has 0 atom stereocenters. The molecule has 0 unspecified atom stereocenters. The lowest BCUT2D eigenvalue weighted by Gasteiger charge is -2.29. The lowest BCUT2D eigenvalue weighted by molar-refractivity contribution is 0.0842. The zero-order valence-corrected chi connectivity index (χ0v) is 17.0. The van der Waals surface area contributed by atoms with Gasteiger partial charge in [-0.25, -0.2) is 0 Å². The molecule has 1 aliphatic rings. The van der Waals surface area contributed by atoms with Crippen LogP contribution in [0.25, 0.3) is 11.3 Å². The van der Waals surface area contributed by atoms with Crippen LogP contribution in [0.2, 0.25) is 0 Å². The van der Waals surface area contributed by atoms with E-state index in [1.165, 1.54) is 6.07 Å². The van der Waals surface area contributed by atoms with Crippen LogP contribution < -0.4 is 16.4 Å². The number of carbonyl (C=O) groups excluding carboxylic acids is 3. The third-order valence-corrected chi connectivity index (χ3v) is 5.14. The van der Waals surface area contributed by atoms with Gasteiger partial charge in [-0.15, -0.1) is 0 Å². The largest absolute Gasteiger partial charge is 0.325 e. The molecular weight excluding hydrogens is 398 g/mol. The first-order chi connectivity index (χ1) is 14.7. The van der Waals surface area contributed by atoms with Gasteiger partial charge >= 0.3 is 0 Å². The van der Waals surface area contributed by atoms with Crippen molar-refractivity contribution in [3.05, 3.63) is 75.3 Å². The van der Waals surface area contributed by atoms with E-state index in [-0.39, 0.29) is 22.5 Å². The number of aromatic nitrogens is 3. The maximum atomic E-state index is 12.5. The number of hydrogen-bond donors (Lipinski definition) is 4. The van der Waals surface area contributed by atoms with Crippen molar-refractivity contribution in [3.63, 3.8) is 0 Å². The Bertz CT molecular complexity index is 1240. The van der Waals surface area contributed by atoms with Crippen molar-refractivity contribution < 1.29 is 14.4 Å². The fourth-order valence-corrected chi connectivity index (χ4v) is 3.64. The SMILES string of the molecule is CC1(C)CC(=O)c2cc(C(=O)NNC(=O)c3cc(-c4ccccc4)n[nH]3)c(=O)[nH]c2C1. The van der Waals surface area contributed by atoms with Crippen molar-refractivity contribution in [2.45, 2.75) is 26.7 Å². The van der Waals surface area contributed by atoms with E-state index in [4.69, 9.17) is 0 Å². The lowest BCUT2D eigenvalue weighted by Crippen LogP contribution is -2.44. The molecule has 3 aromatic rings. The molecule has 4 rings (SSSR count). The molecule has 0 bridgehead atoms. The third kappa shape index (κ3) is 4.16. The van der Waals surface area contributed by atoms with Crippen molar-refractivity contribution in [1.82, 2.24) is 26.0 Å². The van der Waals surface area contributed by atoms with Gasteiger partial charge in [0.05, 0.1) is 5.69 Å². The number of nitrogens with zero attached hydrogens (tertiary/aromatic N) is 1. The number of H-pyrrole nitrogens is 2. The van der Waals surface area contributed by atoms with Gasteiger partial charge in [-0.3, -0.25) is 35.1 Å². The molecule has 1 aromatic carbocycles. The highest BCUT2D eigenvalue weighted by Crippen LogP contribution is 2.33. The second kappa shape index (κ2) is 7.67. The molecule has 0 spiro atoms. The minimum atomic E-state index is -0.821. The Kier molecular flexibility index (Phi) is 5.02. The molecule has 2 amide bonds. The van der Waals surface area contributed by atoms with Crippen molar-refractivity contribution in [3.8, 4) is 11.3 Å². The van der Waals surface area contributed by atoms with Gasteiger partial charge in [0.25, 0.3) is 17.4 Å². The number of amides is 2. The van der Waals surface area contributed by atoms with Gasteiger partial charge in [-0.05, 0) is 24.0 Å². The maximum Gasteiger partial charge on any atom is 0.287 e. The van der Waals surface area contributed by atoms with E-state index >= 15 is 0 Å². The van der Waals surface area contributed by atoms with Crippen molar-refractivity contribution in [2.24, 2.45) is 5.41 Å². The summed E-state index contributed by atoms with van der Waals surface area (Å²) in [5.41, 5.74) is 5.72. The second-order valence-electron chi connectivity index (χ2n) is 8.29. The Hall–Kier alpha value is -4.01. The minimum Gasteiger partial charge on any atom is -0.325 e. The van der Waals surface area contributed by atoms with Crippen LogP contribution in [0.3, 0.4) is 0 Å². The Morgan fingerprint density at radius 3 is 2.45 bits per heavy atom. The zero-order valence-electron chi connectivity index (χ0n) is 17.0. The second-order valence-corrected chi connectivity index (χ2v) is 8.29. The number of carbonyl (C=O) groups is 3. The molecule has 0 saturated heterocycles. The predicted molar refractivity (Wildman–Crippen MR) is 112 cm³/mol. The number of hydrogen-bond acceptors (Lipinski definition) is 5. The summed E-state index contributed by atoms with van der Waals surface area (Å²) in [5.74, 6) is -1.58. The van der Waals surface area contributed by atoms with Gasteiger partial charge in [-0.2, -0.15) is 5.10 Å². The van der Waals surface area contributed by atoms with Gasteiger partial charge in [-0.1, -0.05) is 44.2 Å². The lowest BCUT2D eigenvalue weighted by atomic mass is 9.75. The van der Waals surface area contributed by atoms with E-state index in [2.05, 4.69) is 26.0 Å². The molecule has 31 heavy (non-hydrogen) atoms. The Morgan fingerprint density at radius 1 is 1.00 bits per heavy atom. The number of Topliss-reactive ketones (excluding diaryl/α,β-unsaturated/α-hetero) is 1. The number of aromatic amines is 2. The molecular formula is C22H21N5O4. The highest BCUT2D eigenvalue weighted by molar-refractivity contribution is 6.03. The molecule has 9 nitrogen and oxygen atoms in total. The summed E-state index contributed by atoms with van der Waals surface area (Å²) in [6.07, 6.45) is 0.860. The van der Waals surface area contributed by atoms with Crippen molar-refractivity contribution in [2.75, 3.05) is 0 Å². The Labute approximate surface area is 177 Å². The first-order valence-corrected chi connectivity index (χ1v) is 9.74. The summed E-state index contributed by atoms with van der Waals surface area (Å²) in [6, 6.07) is 12.1. The van der Waals surface area contributed by atoms with Gasteiger partial charge in [0.1, 0.15) is 11.3 Å². The summed E-state index contributed by atoms with van der Waals surface area (Å²) in [5, 5.41) is 6.69. The van der Waals surface area contributed by atoms with E-state index in [0.717, 1.165) is 5.56 Å². The van der Waals surface area contributed by atoms with E-state index in [9.17, 15) is 19.2 Å². The maximum absolute atomic E-state index is 12.5. The summed E-state index contributed by atoms with van der Waals surface area (Å²) in [4.78, 5) is 52.2. The van der Waals surface area contributed by atoms with Crippen LogP contribution >= 0.6 is 0 Å². The van der Waals surface area contributed by atoms with Crippen molar-refractivity contribution in [1.29, 1.82) is 0 Å². The molecule has 2 aromatic heterocycles. The predicted octanol–water partition coefficient (Wildman–Crippen LogP) is 1.99. The zero-order chi connectivity index (χ0) is 22.2. The molecule has 0 saturated carbocycles. The highest BCUT2D eigenvalue weighted by Gasteiger charge is 2.32. The fraction of sp³-hybridized carbons (Fsp3) is 0.227. The van der Waals surface area contributed by atoms with Crippen LogP contribution in [-0.4, -0.2) is 32.8 Å². The standard InChI is InChI=1S/C22H21N5O4/c1-22(2)10-17-13(18(28)11-22)8-14(19(29)23-17)20(30)26-27-21(31)16-9-15(24-25-16)12-6-4-3-5-7-12/h3-9H,10-11H2,1-2H3,(H,23,29)(H,24,25)(H,26,30)(H,27,31). The number of nitrogens with one attached hydrogen (secondary N) is 4. The van der Waals surface area contributed by atoms with E-state index in [0.29, 0.717) is 29.8 Å². The van der Waals surface area contributed by atoms with Gasteiger partial charge < -0.3 is 4.98 Å². The third-order valence-electron chi connectivity index (χ3n) is 5.14. The van der Waals surface area contributed by atoms with Crippen LogP contribution in [0.15, 0.2) is 47.3 Å². The van der Waals surface area contributed by atoms with Crippen LogP contribution in [0.5, 0.6) is 0 Å². The van der Waals surface area contributed by atoms with Crippen molar-refractivity contribution >= 4 is 17.6 Å². The number of rotatable bonds is 3. The average Bonchev–Trinajstić information content (AvgIpc) is 3.21. The number of fused-ring (bicyclic) bond motifs is 1. The summed E-state index contributed by atoms with van der Waals surface area (Å²) in [7, 11) is 0. The minimum absolute atomic E-state index is 0.133. The monoisotopic (exact) mass is 419 g/mol. The van der Waals surface area contributed by atoms with Gasteiger partial charge in [0.2, 0.25) is 0 Å². The van der Waals surface area contributed by atoms with Crippen LogP contribution in [-0.2, 0) is 6.42 Å². The molecule has 9 heteroatoms. The normalized spacial score (nSPS) is 14.6. The summed E-state index contributed by atoms with van der Waals surface area (Å²) in [6.45, 7) is 3.89. The molecule has 158 valence electrons. The van der Waals surface area contributed by atoms with Crippen LogP contribution in [0.4, 0.5) is 0 Å². The smallest absolute Gasteiger partial charge is 0.287 e. The number of hydrazine groups is 1. The fourth-order valence-electron chi connectivity index (χ4n) is 3.64. The quantitative estimate of drug-likeness (QED) is 0.481. The molecule has 2 heterocycles. The Morgan fingerprint density at radius 2 is 1.71 bits per heavy atom. The number of benzene rings is 1. The molecule has 0 aliphatic heterocycles. The van der Waals surface area contributed by atoms with E-state index in [1.54, 1.807) is 6.07 Å². The van der Waals surface area contributed by atoms with Gasteiger partial charge in [0.15, 0.2) is 5.78 Å². The topological polar surface area (TPSA) is 137 Å². The molecule has 1 aliphatic carbocycles. The van der Waals surface area contributed by atoms with E-state index in [1.807, 2.05) is 44.2 Å². The number of pyridine rings is 1. The summed E-state index contributed by atoms with van der Waals surface area (Å²) >= 11 is 0. The van der Waals surface area contributed by atoms with E-state index < -0.39 is 17.4 Å². The first-order valence-electron chi connectivity index (χ1n) is 9.74. The first kappa shape index (κ1) is 20.3. The highest BCUT2D eigenvalue weighted by atomic mass is 16.2. The molecule has 0 radical (unpaired) electrons. The molecule has 4 N–H and O–H groups in total. The Balaban J connectivity index is 1.47. The number of ketones is 1. The van der Waals surface area contributed by atoms with Crippen LogP contribution in [0.1, 0.15) is 57.2 Å². The average molecular weight is 419 g/mol. The van der Waals surface area contributed by atoms with Gasteiger partial charge in [0, 0.05) is 23.2 Å².